The molecule has 0 saturated carbocycles. The van der Waals surface area contributed by atoms with Crippen LogP contribution in [0, 0.1) is 0 Å². The lowest BCUT2D eigenvalue weighted by atomic mass is 10.1. The van der Waals surface area contributed by atoms with Gasteiger partial charge in [0.25, 0.3) is 0 Å². The van der Waals surface area contributed by atoms with Crippen LogP contribution < -0.4 is 4.57 Å². The number of aromatic nitrogens is 1. The zero-order valence-electron chi connectivity index (χ0n) is 14.1. The minimum atomic E-state index is -0.0560. The molecule has 3 heteroatoms. The van der Waals surface area contributed by atoms with Gasteiger partial charge in [-0.1, -0.05) is 64.4 Å². The fraction of sp³-hybridized carbons (Fsp3) is 0.684. The highest BCUT2D eigenvalue weighted by atomic mass is 16.5. The van der Waals surface area contributed by atoms with Crippen LogP contribution in [0.25, 0.3) is 0 Å². The molecule has 0 aliphatic rings. The molecule has 0 unspecified atom stereocenters. The average Bonchev–Trinajstić information content (AvgIpc) is 2.54. The van der Waals surface area contributed by atoms with Gasteiger partial charge in [0.15, 0.2) is 25.5 Å². The van der Waals surface area contributed by atoms with E-state index in [1.807, 2.05) is 35.2 Å². The van der Waals surface area contributed by atoms with Crippen molar-refractivity contribution in [3.8, 4) is 0 Å². The van der Waals surface area contributed by atoms with Crippen LogP contribution in [0.3, 0.4) is 0 Å². The van der Waals surface area contributed by atoms with Gasteiger partial charge in [-0.3, -0.25) is 4.79 Å². The molecule has 124 valence electrons. The van der Waals surface area contributed by atoms with E-state index in [-0.39, 0.29) is 5.97 Å². The predicted molar refractivity (Wildman–Crippen MR) is 89.4 cm³/mol. The van der Waals surface area contributed by atoms with Crippen molar-refractivity contribution in [1.29, 1.82) is 0 Å². The van der Waals surface area contributed by atoms with Gasteiger partial charge in [0, 0.05) is 18.6 Å². The Labute approximate surface area is 135 Å². The Morgan fingerprint density at radius 2 is 1.45 bits per heavy atom. The summed E-state index contributed by atoms with van der Waals surface area (Å²) in [6.45, 7) is 3.44. The van der Waals surface area contributed by atoms with Crippen LogP contribution >= 0.6 is 0 Å². The van der Waals surface area contributed by atoms with Crippen molar-refractivity contribution in [1.82, 2.24) is 0 Å². The topological polar surface area (TPSA) is 30.2 Å². The molecule has 0 aliphatic heterocycles. The molecule has 1 heterocycles. The van der Waals surface area contributed by atoms with E-state index in [0.29, 0.717) is 13.0 Å². The Kier molecular flexibility index (Phi) is 11.3. The first-order valence-electron chi connectivity index (χ1n) is 8.92. The van der Waals surface area contributed by atoms with E-state index in [1.165, 1.54) is 44.9 Å². The third kappa shape index (κ3) is 10.4. The molecule has 0 spiro atoms. The molecule has 0 aromatic carbocycles. The van der Waals surface area contributed by atoms with Crippen molar-refractivity contribution in [3.63, 3.8) is 0 Å². The first-order valence-corrected chi connectivity index (χ1v) is 8.92. The number of hydrogen-bond acceptors (Lipinski definition) is 2. The first-order chi connectivity index (χ1) is 10.8. The SMILES string of the molecule is CCCCCCCCCCCC(=O)OCC[n+]1ccccc1. The standard InChI is InChI=1S/C19H32NO2/c1-2-3-4-5-6-7-8-9-11-14-19(21)22-18-17-20-15-12-10-13-16-20/h10,12-13,15-16H,2-9,11,14,17-18H2,1H3/q+1. The van der Waals surface area contributed by atoms with Crippen molar-refractivity contribution in [2.24, 2.45) is 0 Å². The Morgan fingerprint density at radius 1 is 0.864 bits per heavy atom. The molecule has 0 saturated heterocycles. The second-order valence-electron chi connectivity index (χ2n) is 5.91. The third-order valence-corrected chi connectivity index (χ3v) is 3.87. The van der Waals surface area contributed by atoms with Crippen LogP contribution in [0.1, 0.15) is 71.1 Å². The van der Waals surface area contributed by atoms with Gasteiger partial charge in [-0.15, -0.1) is 0 Å². The minimum absolute atomic E-state index is 0.0560. The van der Waals surface area contributed by atoms with Gasteiger partial charge in [0.05, 0.1) is 0 Å². The van der Waals surface area contributed by atoms with E-state index in [0.717, 1.165) is 19.4 Å². The zero-order valence-corrected chi connectivity index (χ0v) is 14.1. The molecule has 0 radical (unpaired) electrons. The number of hydrogen-bond donors (Lipinski definition) is 0. The van der Waals surface area contributed by atoms with Crippen molar-refractivity contribution in [2.45, 2.75) is 77.7 Å². The van der Waals surface area contributed by atoms with Gasteiger partial charge in [0.2, 0.25) is 0 Å². The summed E-state index contributed by atoms with van der Waals surface area (Å²) in [5.41, 5.74) is 0. The summed E-state index contributed by atoms with van der Waals surface area (Å²) in [4.78, 5) is 11.6. The minimum Gasteiger partial charge on any atom is -0.459 e. The number of carbonyl (C=O) groups excluding carboxylic acids is 1. The first kappa shape index (κ1) is 18.7. The van der Waals surface area contributed by atoms with Crippen LogP contribution in [0.4, 0.5) is 0 Å². The monoisotopic (exact) mass is 306 g/mol. The fourth-order valence-corrected chi connectivity index (χ4v) is 2.50. The van der Waals surface area contributed by atoms with E-state index in [9.17, 15) is 4.79 Å². The second kappa shape index (κ2) is 13.3. The van der Waals surface area contributed by atoms with Gasteiger partial charge in [-0.2, -0.15) is 0 Å². The molecule has 1 rings (SSSR count). The quantitative estimate of drug-likeness (QED) is 0.306. The average molecular weight is 306 g/mol. The lowest BCUT2D eigenvalue weighted by molar-refractivity contribution is -0.697. The summed E-state index contributed by atoms with van der Waals surface area (Å²) in [5, 5.41) is 0. The third-order valence-electron chi connectivity index (χ3n) is 3.87. The second-order valence-corrected chi connectivity index (χ2v) is 5.91. The Balaban J connectivity index is 1.87. The van der Waals surface area contributed by atoms with E-state index in [4.69, 9.17) is 4.74 Å². The molecule has 3 nitrogen and oxygen atoms in total. The number of ether oxygens (including phenoxy) is 1. The van der Waals surface area contributed by atoms with E-state index in [2.05, 4.69) is 6.92 Å². The highest BCUT2D eigenvalue weighted by Gasteiger charge is 2.04. The van der Waals surface area contributed by atoms with Gasteiger partial charge in [-0.25, -0.2) is 4.57 Å². The number of rotatable bonds is 13. The van der Waals surface area contributed by atoms with Gasteiger partial charge < -0.3 is 4.74 Å². The summed E-state index contributed by atoms with van der Waals surface area (Å²) >= 11 is 0. The zero-order chi connectivity index (χ0) is 15.9. The van der Waals surface area contributed by atoms with Crippen LogP contribution in [-0.4, -0.2) is 12.6 Å². The number of carbonyl (C=O) groups is 1. The van der Waals surface area contributed by atoms with Crippen LogP contribution in [-0.2, 0) is 16.1 Å². The van der Waals surface area contributed by atoms with Crippen LogP contribution in [0.5, 0.6) is 0 Å². The summed E-state index contributed by atoms with van der Waals surface area (Å²) < 4.78 is 7.28. The van der Waals surface area contributed by atoms with E-state index in [1.54, 1.807) is 0 Å². The molecule has 0 bridgehead atoms. The molecule has 0 amide bonds. The van der Waals surface area contributed by atoms with Crippen molar-refractivity contribution in [3.05, 3.63) is 30.6 Å². The maximum atomic E-state index is 11.6. The van der Waals surface area contributed by atoms with Gasteiger partial charge >= 0.3 is 5.97 Å². The highest BCUT2D eigenvalue weighted by Crippen LogP contribution is 2.10. The molecule has 1 aromatic heterocycles. The predicted octanol–water partition coefficient (Wildman–Crippen LogP) is 4.44. The molecule has 22 heavy (non-hydrogen) atoms. The van der Waals surface area contributed by atoms with Crippen molar-refractivity contribution in [2.75, 3.05) is 6.61 Å². The van der Waals surface area contributed by atoms with Crippen molar-refractivity contribution < 1.29 is 14.1 Å². The highest BCUT2D eigenvalue weighted by molar-refractivity contribution is 5.69. The summed E-state index contributed by atoms with van der Waals surface area (Å²) in [6.07, 6.45) is 16.0. The fourth-order valence-electron chi connectivity index (χ4n) is 2.50. The molecule has 0 fully saturated rings. The Morgan fingerprint density at radius 3 is 2.09 bits per heavy atom. The molecule has 1 aromatic rings. The lowest BCUT2D eigenvalue weighted by Crippen LogP contribution is -2.35. The Bertz CT molecular complexity index is 378. The smallest absolute Gasteiger partial charge is 0.306 e. The molecule has 0 N–H and O–H groups in total. The van der Waals surface area contributed by atoms with Crippen molar-refractivity contribution >= 4 is 5.97 Å². The van der Waals surface area contributed by atoms with Gasteiger partial charge in [0.1, 0.15) is 0 Å². The molecule has 0 aliphatic carbocycles. The maximum Gasteiger partial charge on any atom is 0.306 e. The summed E-state index contributed by atoms with van der Waals surface area (Å²) in [5.74, 6) is -0.0560. The molecule has 0 atom stereocenters. The van der Waals surface area contributed by atoms with E-state index < -0.39 is 0 Å². The number of pyridine rings is 1. The normalized spacial score (nSPS) is 10.6. The lowest BCUT2D eigenvalue weighted by Gasteiger charge is -2.03. The largest absolute Gasteiger partial charge is 0.459 e. The number of nitrogens with zero attached hydrogens (tertiary/aromatic N) is 1. The number of esters is 1. The summed E-state index contributed by atoms with van der Waals surface area (Å²) in [7, 11) is 0. The molecular weight excluding hydrogens is 274 g/mol. The van der Waals surface area contributed by atoms with Gasteiger partial charge in [-0.05, 0) is 6.42 Å². The Hall–Kier alpha value is -1.38. The van der Waals surface area contributed by atoms with E-state index >= 15 is 0 Å². The number of unbranched alkanes of at least 4 members (excludes halogenated alkanes) is 8. The molecular formula is C19H32NO2+. The summed E-state index contributed by atoms with van der Waals surface area (Å²) in [6, 6.07) is 5.93. The van der Waals surface area contributed by atoms with Crippen LogP contribution in [0.2, 0.25) is 0 Å². The maximum absolute atomic E-state index is 11.6. The van der Waals surface area contributed by atoms with Crippen LogP contribution in [0.15, 0.2) is 30.6 Å².